The molecule has 0 aliphatic rings. The molecule has 1 rings (SSSR count). The smallest absolute Gasteiger partial charge is 0.237 e. The van der Waals surface area contributed by atoms with Crippen LogP contribution in [0.5, 0.6) is 0 Å². The van der Waals surface area contributed by atoms with Crippen LogP contribution in [0.1, 0.15) is 31.4 Å². The van der Waals surface area contributed by atoms with Crippen LogP contribution in [0.2, 0.25) is 0 Å². The van der Waals surface area contributed by atoms with Crippen molar-refractivity contribution in [1.29, 1.82) is 0 Å². The summed E-state index contributed by atoms with van der Waals surface area (Å²) in [7, 11) is 0. The predicted molar refractivity (Wildman–Crippen MR) is 70.4 cm³/mol. The molecule has 0 radical (unpaired) electrons. The summed E-state index contributed by atoms with van der Waals surface area (Å²) < 4.78 is 13.1. The van der Waals surface area contributed by atoms with Crippen LogP contribution in [0.3, 0.4) is 0 Å². The second-order valence-corrected chi connectivity index (χ2v) is 5.04. The first-order valence-electron chi connectivity index (χ1n) is 6.18. The molecule has 0 spiro atoms. The normalized spacial score (nSPS) is 12.6. The van der Waals surface area contributed by atoms with E-state index < -0.39 is 6.04 Å². The molecule has 1 aromatic rings. The highest BCUT2D eigenvalue weighted by Gasteiger charge is 2.14. The Morgan fingerprint density at radius 1 is 1.44 bits per heavy atom. The second-order valence-electron chi connectivity index (χ2n) is 5.04. The van der Waals surface area contributed by atoms with Crippen molar-refractivity contribution < 1.29 is 9.18 Å². The van der Waals surface area contributed by atoms with Crippen molar-refractivity contribution in [2.24, 2.45) is 11.7 Å². The lowest BCUT2D eigenvalue weighted by atomic mass is 10.0. The van der Waals surface area contributed by atoms with Gasteiger partial charge in [-0.3, -0.25) is 4.79 Å². The number of carbonyl (C=O) groups is 1. The third kappa shape index (κ3) is 4.45. The third-order valence-electron chi connectivity index (χ3n) is 2.75. The maximum Gasteiger partial charge on any atom is 0.237 e. The van der Waals surface area contributed by atoms with E-state index in [4.69, 9.17) is 5.73 Å². The van der Waals surface area contributed by atoms with E-state index >= 15 is 0 Å². The van der Waals surface area contributed by atoms with Crippen molar-refractivity contribution in [1.82, 2.24) is 5.32 Å². The zero-order valence-corrected chi connectivity index (χ0v) is 11.2. The maximum atomic E-state index is 13.1. The van der Waals surface area contributed by atoms with Crippen molar-refractivity contribution in [3.8, 4) is 0 Å². The molecule has 1 amide bonds. The van der Waals surface area contributed by atoms with Crippen molar-refractivity contribution in [3.63, 3.8) is 0 Å². The summed E-state index contributed by atoms with van der Waals surface area (Å²) >= 11 is 0. The van der Waals surface area contributed by atoms with Gasteiger partial charge in [0.15, 0.2) is 0 Å². The zero-order chi connectivity index (χ0) is 13.7. The van der Waals surface area contributed by atoms with Crippen LogP contribution in [0.25, 0.3) is 0 Å². The van der Waals surface area contributed by atoms with Gasteiger partial charge in [-0.05, 0) is 36.5 Å². The molecule has 0 heterocycles. The Kier molecular flexibility index (Phi) is 5.28. The van der Waals surface area contributed by atoms with Gasteiger partial charge in [0, 0.05) is 6.54 Å². The summed E-state index contributed by atoms with van der Waals surface area (Å²) in [5, 5.41) is 2.76. The molecule has 0 aliphatic heterocycles. The lowest BCUT2D eigenvalue weighted by molar-refractivity contribution is -0.122. The van der Waals surface area contributed by atoms with Gasteiger partial charge in [-0.2, -0.15) is 0 Å². The minimum Gasteiger partial charge on any atom is -0.351 e. The van der Waals surface area contributed by atoms with Crippen LogP contribution in [0, 0.1) is 18.7 Å². The molecule has 4 heteroatoms. The van der Waals surface area contributed by atoms with Crippen LogP contribution in [-0.4, -0.2) is 11.9 Å². The van der Waals surface area contributed by atoms with Crippen LogP contribution in [0.4, 0.5) is 4.39 Å². The van der Waals surface area contributed by atoms with Gasteiger partial charge >= 0.3 is 0 Å². The number of hydrogen-bond donors (Lipinski definition) is 2. The number of amides is 1. The van der Waals surface area contributed by atoms with Crippen LogP contribution in [0.15, 0.2) is 18.2 Å². The van der Waals surface area contributed by atoms with E-state index in [9.17, 15) is 9.18 Å². The fourth-order valence-corrected chi connectivity index (χ4v) is 1.75. The number of aryl methyl sites for hydroxylation is 1. The maximum absolute atomic E-state index is 13.1. The van der Waals surface area contributed by atoms with Gasteiger partial charge in [0.25, 0.3) is 0 Å². The molecule has 0 fully saturated rings. The zero-order valence-electron chi connectivity index (χ0n) is 11.2. The Hall–Kier alpha value is -1.42. The molecule has 18 heavy (non-hydrogen) atoms. The highest BCUT2D eigenvalue weighted by atomic mass is 19.1. The third-order valence-corrected chi connectivity index (χ3v) is 2.75. The highest BCUT2D eigenvalue weighted by Crippen LogP contribution is 2.09. The fraction of sp³-hybridized carbons (Fsp3) is 0.500. The molecule has 3 nitrogen and oxygen atoms in total. The molecule has 1 aromatic carbocycles. The monoisotopic (exact) mass is 252 g/mol. The highest BCUT2D eigenvalue weighted by molar-refractivity contribution is 5.81. The largest absolute Gasteiger partial charge is 0.351 e. The summed E-state index contributed by atoms with van der Waals surface area (Å²) in [6.07, 6.45) is 0.661. The van der Waals surface area contributed by atoms with Crippen molar-refractivity contribution in [2.45, 2.75) is 39.8 Å². The summed E-state index contributed by atoms with van der Waals surface area (Å²) in [5.74, 6) is -0.00826. The molecule has 0 saturated heterocycles. The van der Waals surface area contributed by atoms with Crippen molar-refractivity contribution in [2.75, 3.05) is 0 Å². The van der Waals surface area contributed by atoms with Gasteiger partial charge in [0.1, 0.15) is 5.82 Å². The molecule has 0 unspecified atom stereocenters. The van der Waals surface area contributed by atoms with Gasteiger partial charge in [-0.25, -0.2) is 4.39 Å². The van der Waals surface area contributed by atoms with Gasteiger partial charge < -0.3 is 11.1 Å². The standard InChI is InChI=1S/C14H21FN2O/c1-9(2)6-13(16)14(18)17-8-11-4-5-12(15)10(3)7-11/h4-5,7,9,13H,6,8,16H2,1-3H3,(H,17,18)/t13-/m0/s1. The average molecular weight is 252 g/mol. The van der Waals surface area contributed by atoms with Crippen molar-refractivity contribution in [3.05, 3.63) is 35.1 Å². The molecular formula is C14H21FN2O. The molecular weight excluding hydrogens is 231 g/mol. The molecule has 1 atom stereocenters. The van der Waals surface area contributed by atoms with Gasteiger partial charge in [0.2, 0.25) is 5.91 Å². The Bertz CT molecular complexity index is 418. The number of nitrogens with one attached hydrogen (secondary N) is 1. The molecule has 0 saturated carbocycles. The predicted octanol–water partition coefficient (Wildman–Crippen LogP) is 2.12. The van der Waals surface area contributed by atoms with E-state index in [2.05, 4.69) is 5.32 Å². The Morgan fingerprint density at radius 2 is 2.11 bits per heavy atom. The molecule has 100 valence electrons. The Labute approximate surface area is 108 Å². The molecule has 0 aromatic heterocycles. The number of rotatable bonds is 5. The summed E-state index contributed by atoms with van der Waals surface area (Å²) in [4.78, 5) is 11.7. The number of nitrogens with two attached hydrogens (primary N) is 1. The van der Waals surface area contributed by atoms with E-state index in [-0.39, 0.29) is 11.7 Å². The lowest BCUT2D eigenvalue weighted by Gasteiger charge is -2.14. The quantitative estimate of drug-likeness (QED) is 0.843. The number of halogens is 1. The van der Waals surface area contributed by atoms with E-state index in [1.54, 1.807) is 19.1 Å². The number of hydrogen-bond acceptors (Lipinski definition) is 2. The van der Waals surface area contributed by atoms with E-state index in [0.29, 0.717) is 24.4 Å². The van der Waals surface area contributed by atoms with E-state index in [1.807, 2.05) is 13.8 Å². The Morgan fingerprint density at radius 3 is 2.67 bits per heavy atom. The second kappa shape index (κ2) is 6.50. The number of benzene rings is 1. The summed E-state index contributed by atoms with van der Waals surface area (Å²) in [5.41, 5.74) is 7.22. The minimum atomic E-state index is -0.480. The van der Waals surface area contributed by atoms with Gasteiger partial charge in [-0.1, -0.05) is 26.0 Å². The van der Waals surface area contributed by atoms with Crippen LogP contribution < -0.4 is 11.1 Å². The van der Waals surface area contributed by atoms with Gasteiger partial charge in [0.05, 0.1) is 6.04 Å². The Balaban J connectivity index is 2.49. The number of carbonyl (C=O) groups excluding carboxylic acids is 1. The SMILES string of the molecule is Cc1cc(CNC(=O)[C@@H](N)CC(C)C)ccc1F. The average Bonchev–Trinajstić information content (AvgIpc) is 2.29. The van der Waals surface area contributed by atoms with Crippen LogP contribution >= 0.6 is 0 Å². The minimum absolute atomic E-state index is 0.161. The van der Waals surface area contributed by atoms with Crippen LogP contribution in [-0.2, 0) is 11.3 Å². The molecule has 0 aliphatic carbocycles. The summed E-state index contributed by atoms with van der Waals surface area (Å²) in [6, 6.07) is 4.32. The van der Waals surface area contributed by atoms with E-state index in [1.165, 1.54) is 6.07 Å². The van der Waals surface area contributed by atoms with Gasteiger partial charge in [-0.15, -0.1) is 0 Å². The first-order valence-corrected chi connectivity index (χ1v) is 6.18. The lowest BCUT2D eigenvalue weighted by Crippen LogP contribution is -2.41. The first-order chi connectivity index (χ1) is 8.40. The molecule has 3 N–H and O–H groups in total. The first kappa shape index (κ1) is 14.6. The summed E-state index contributed by atoms with van der Waals surface area (Å²) in [6.45, 7) is 6.13. The topological polar surface area (TPSA) is 55.1 Å². The molecule has 0 bridgehead atoms. The van der Waals surface area contributed by atoms with Crippen molar-refractivity contribution >= 4 is 5.91 Å². The van der Waals surface area contributed by atoms with E-state index in [0.717, 1.165) is 5.56 Å². The fourth-order valence-electron chi connectivity index (χ4n) is 1.75.